The molecule has 1 aromatic heterocycles. The largest absolute Gasteiger partial charge is 0.422 e. The Bertz CT molecular complexity index is 829. The molecule has 0 spiro atoms. The van der Waals surface area contributed by atoms with Gasteiger partial charge in [-0.15, -0.1) is 0 Å². The molecule has 0 aliphatic carbocycles. The van der Waals surface area contributed by atoms with Crippen molar-refractivity contribution in [2.45, 2.75) is 20.0 Å². The van der Waals surface area contributed by atoms with Crippen LogP contribution in [0, 0.1) is 47.2 Å². The number of aromatic nitrogens is 2. The lowest BCUT2D eigenvalue weighted by atomic mass is 10.1. The summed E-state index contributed by atoms with van der Waals surface area (Å²) < 4.78 is 92.8. The third-order valence-corrected chi connectivity index (χ3v) is 3.17. The highest BCUT2D eigenvalue weighted by atomic mass is 19.4. The molecule has 0 saturated heterocycles. The van der Waals surface area contributed by atoms with Gasteiger partial charge in [0.2, 0.25) is 0 Å². The Kier molecular flexibility index (Phi) is 4.02. The quantitative estimate of drug-likeness (QED) is 0.354. The number of hydrogen-bond acceptors (Lipinski definition) is 3. The topological polar surface area (TPSA) is 61.0 Å². The van der Waals surface area contributed by atoms with E-state index in [1.807, 2.05) is 0 Å². The normalized spacial score (nSPS) is 11.9. The minimum atomic E-state index is -5.69. The van der Waals surface area contributed by atoms with E-state index in [-0.39, 0.29) is 10.4 Å². The lowest BCUT2D eigenvalue weighted by molar-refractivity contribution is -0.386. The van der Waals surface area contributed by atoms with Gasteiger partial charge in [-0.25, -0.2) is 22.2 Å². The van der Waals surface area contributed by atoms with Crippen molar-refractivity contribution in [3.05, 3.63) is 50.3 Å². The fourth-order valence-electron chi connectivity index (χ4n) is 2.17. The van der Waals surface area contributed by atoms with Gasteiger partial charge in [0.15, 0.2) is 23.3 Å². The monoisotopic (exact) mass is 357 g/mol. The van der Waals surface area contributed by atoms with E-state index >= 15 is 0 Å². The smallest absolute Gasteiger partial charge is 0.258 e. The zero-order valence-electron chi connectivity index (χ0n) is 11.8. The zero-order valence-corrected chi connectivity index (χ0v) is 11.8. The number of benzene rings is 1. The molecule has 0 bridgehead atoms. The molecule has 1 aromatic carbocycles. The molecule has 0 amide bonds. The van der Waals surface area contributed by atoms with Gasteiger partial charge in [-0.05, 0) is 13.8 Å². The van der Waals surface area contributed by atoms with E-state index in [1.54, 1.807) is 0 Å². The maximum atomic E-state index is 13.9. The van der Waals surface area contributed by atoms with Crippen molar-refractivity contribution in [1.82, 2.24) is 9.78 Å². The Hall–Kier alpha value is -2.66. The molecule has 0 aliphatic rings. The predicted octanol–water partition coefficient (Wildman–Crippen LogP) is 3.97. The lowest BCUT2D eigenvalue weighted by Crippen LogP contribution is -2.18. The lowest BCUT2D eigenvalue weighted by Gasteiger charge is -2.14. The second-order valence-electron chi connectivity index (χ2n) is 4.67. The first kappa shape index (κ1) is 17.7. The number of alkyl halides is 3. The van der Waals surface area contributed by atoms with Gasteiger partial charge in [0, 0.05) is 0 Å². The molecule has 0 fully saturated rings. The molecule has 2 aromatic rings. The van der Waals surface area contributed by atoms with E-state index in [9.17, 15) is 40.8 Å². The summed E-state index contributed by atoms with van der Waals surface area (Å²) in [6.07, 6.45) is -5.69. The molecule has 12 heteroatoms. The average molecular weight is 357 g/mol. The minimum absolute atomic E-state index is 0.143. The molecule has 0 unspecified atom stereocenters. The van der Waals surface area contributed by atoms with Crippen LogP contribution in [0.4, 0.5) is 36.4 Å². The van der Waals surface area contributed by atoms with Crippen molar-refractivity contribution >= 4 is 5.69 Å². The fourth-order valence-corrected chi connectivity index (χ4v) is 2.17. The molecule has 5 nitrogen and oxygen atoms in total. The summed E-state index contributed by atoms with van der Waals surface area (Å²) in [5.41, 5.74) is -5.93. The van der Waals surface area contributed by atoms with E-state index in [0.29, 0.717) is 0 Å². The number of rotatable bonds is 2. The first-order chi connectivity index (χ1) is 10.9. The highest BCUT2D eigenvalue weighted by Crippen LogP contribution is 2.38. The summed E-state index contributed by atoms with van der Waals surface area (Å²) in [4.78, 5) is 9.89. The molecule has 0 aliphatic heterocycles. The maximum Gasteiger partial charge on any atom is 0.422 e. The van der Waals surface area contributed by atoms with Gasteiger partial charge in [0.25, 0.3) is 0 Å². The van der Waals surface area contributed by atoms with E-state index in [1.165, 1.54) is 0 Å². The summed E-state index contributed by atoms with van der Waals surface area (Å²) in [5.74, 6) is -10.1. The van der Waals surface area contributed by atoms with Gasteiger partial charge in [-0.2, -0.15) is 18.3 Å². The van der Waals surface area contributed by atoms with Crippen LogP contribution in [0.1, 0.15) is 17.0 Å². The van der Waals surface area contributed by atoms with Gasteiger partial charge in [0.1, 0.15) is 22.6 Å². The van der Waals surface area contributed by atoms with Gasteiger partial charge in [0.05, 0.1) is 4.92 Å². The third-order valence-electron chi connectivity index (χ3n) is 3.17. The van der Waals surface area contributed by atoms with Gasteiger partial charge >= 0.3 is 11.9 Å². The van der Waals surface area contributed by atoms with E-state index in [4.69, 9.17) is 0 Å². The summed E-state index contributed by atoms with van der Waals surface area (Å²) in [6, 6.07) is 0. The van der Waals surface area contributed by atoms with Crippen molar-refractivity contribution in [2.75, 3.05) is 0 Å². The second kappa shape index (κ2) is 5.46. The van der Waals surface area contributed by atoms with E-state index in [0.717, 1.165) is 13.8 Å². The molecule has 0 atom stereocenters. The van der Waals surface area contributed by atoms with Crippen molar-refractivity contribution < 1.29 is 35.7 Å². The van der Waals surface area contributed by atoms with Crippen LogP contribution in [0.2, 0.25) is 0 Å². The molecular weight excluding hydrogens is 351 g/mol. The number of aryl methyl sites for hydroxylation is 1. The molecule has 130 valence electrons. The second-order valence-corrected chi connectivity index (χ2v) is 4.67. The van der Waals surface area contributed by atoms with Gasteiger partial charge < -0.3 is 0 Å². The standard InChI is InChI=1S/C12H6F7N3O2/c1-3-10(22(23)24)4(2)21(20-3)11-8(15)6(13)5(12(17,18)19)7(14)9(11)16/h1-2H3. The summed E-state index contributed by atoms with van der Waals surface area (Å²) in [6.45, 7) is 2.04. The molecule has 2 rings (SSSR count). The first-order valence-electron chi connectivity index (χ1n) is 6.03. The minimum Gasteiger partial charge on any atom is -0.258 e. The summed E-state index contributed by atoms with van der Waals surface area (Å²) in [7, 11) is 0. The van der Waals surface area contributed by atoms with Crippen molar-refractivity contribution in [1.29, 1.82) is 0 Å². The molecule has 24 heavy (non-hydrogen) atoms. The number of hydrogen-bond donors (Lipinski definition) is 0. The number of nitro groups is 1. The molecule has 0 saturated carbocycles. The zero-order chi connectivity index (χ0) is 18.6. The van der Waals surface area contributed by atoms with Crippen LogP contribution in [0.25, 0.3) is 5.69 Å². The predicted molar refractivity (Wildman–Crippen MR) is 64.5 cm³/mol. The van der Waals surface area contributed by atoms with Crippen molar-refractivity contribution in [3.8, 4) is 5.69 Å². The van der Waals surface area contributed by atoms with Crippen LogP contribution < -0.4 is 0 Å². The van der Waals surface area contributed by atoms with E-state index in [2.05, 4.69) is 5.10 Å². The highest BCUT2D eigenvalue weighted by Gasteiger charge is 2.43. The Morgan fingerprint density at radius 2 is 1.46 bits per heavy atom. The average Bonchev–Trinajstić information content (AvgIpc) is 2.71. The summed E-state index contributed by atoms with van der Waals surface area (Å²) in [5, 5.41) is 14.2. The third kappa shape index (κ3) is 2.47. The SMILES string of the molecule is Cc1nn(-c2c(F)c(F)c(C(F)(F)F)c(F)c2F)c(C)c1[N+](=O)[O-]. The van der Waals surface area contributed by atoms with Crippen LogP contribution in [-0.2, 0) is 6.18 Å². The Morgan fingerprint density at radius 3 is 1.79 bits per heavy atom. The Balaban J connectivity index is 2.89. The highest BCUT2D eigenvalue weighted by molar-refractivity contribution is 5.48. The van der Waals surface area contributed by atoms with Crippen LogP contribution in [0.15, 0.2) is 0 Å². The molecule has 0 radical (unpaired) electrons. The Labute approximate surface area is 128 Å². The van der Waals surface area contributed by atoms with Crippen LogP contribution >= 0.6 is 0 Å². The van der Waals surface area contributed by atoms with Crippen LogP contribution in [-0.4, -0.2) is 14.7 Å². The van der Waals surface area contributed by atoms with Crippen LogP contribution in [0.5, 0.6) is 0 Å². The summed E-state index contributed by atoms with van der Waals surface area (Å²) >= 11 is 0. The molecular formula is C12H6F7N3O2. The van der Waals surface area contributed by atoms with Gasteiger partial charge in [-0.3, -0.25) is 10.1 Å². The maximum absolute atomic E-state index is 13.9. The first-order valence-corrected chi connectivity index (χ1v) is 6.03. The van der Waals surface area contributed by atoms with E-state index < -0.39 is 57.0 Å². The van der Waals surface area contributed by atoms with Crippen molar-refractivity contribution in [3.63, 3.8) is 0 Å². The van der Waals surface area contributed by atoms with Crippen LogP contribution in [0.3, 0.4) is 0 Å². The molecule has 1 heterocycles. The molecule has 0 N–H and O–H groups in total. The number of halogens is 7. The number of nitrogens with zero attached hydrogens (tertiary/aromatic N) is 3. The van der Waals surface area contributed by atoms with Gasteiger partial charge in [-0.1, -0.05) is 0 Å². The van der Waals surface area contributed by atoms with Crippen molar-refractivity contribution in [2.24, 2.45) is 0 Å². The fraction of sp³-hybridized carbons (Fsp3) is 0.250. The Morgan fingerprint density at radius 1 is 1.00 bits per heavy atom.